The molecule has 0 saturated carbocycles. The Balaban J connectivity index is 2.40. The maximum Gasteiger partial charge on any atom is 0.332 e. The number of likely N-dealkylation sites (N-methyl/N-ethyl adjacent to an activating group) is 1. The van der Waals surface area contributed by atoms with Gasteiger partial charge in [-0.15, -0.1) is 0 Å². The van der Waals surface area contributed by atoms with Gasteiger partial charge in [-0.3, -0.25) is 4.79 Å². The van der Waals surface area contributed by atoms with E-state index in [1.54, 1.807) is 7.05 Å². The van der Waals surface area contributed by atoms with Gasteiger partial charge in [-0.1, -0.05) is 30.3 Å². The number of ether oxygens (including phenoxy) is 1. The van der Waals surface area contributed by atoms with Crippen LogP contribution < -0.4 is 0 Å². The fraction of sp³-hybridized carbons (Fsp3) is 0.385. The molecule has 0 saturated heterocycles. The molecule has 0 aliphatic rings. The number of hydrogen-bond donors (Lipinski definition) is 1. The molecule has 0 aromatic heterocycles. The molecule has 1 atom stereocenters. The first kappa shape index (κ1) is 14.2. The lowest BCUT2D eigenvalue weighted by Gasteiger charge is -2.18. The van der Waals surface area contributed by atoms with Crippen LogP contribution in [0.3, 0.4) is 0 Å². The highest BCUT2D eigenvalue weighted by Gasteiger charge is 2.15. The van der Waals surface area contributed by atoms with Crippen molar-refractivity contribution in [2.24, 2.45) is 0 Å². The number of hydrogen-bond acceptors (Lipinski definition) is 3. The molecule has 5 heteroatoms. The fourth-order valence-electron chi connectivity index (χ4n) is 1.32. The number of carboxylic acid groups (broad SMARTS) is 1. The van der Waals surface area contributed by atoms with E-state index >= 15 is 0 Å². The molecule has 1 aromatic carbocycles. The number of nitrogens with zero attached hydrogens (tertiary/aromatic N) is 1. The number of aliphatic carboxylic acids is 1. The molecule has 98 valence electrons. The third-order valence-electron chi connectivity index (χ3n) is 2.49. The van der Waals surface area contributed by atoms with Gasteiger partial charge < -0.3 is 14.7 Å². The van der Waals surface area contributed by atoms with E-state index in [4.69, 9.17) is 9.84 Å². The molecular weight excluding hydrogens is 234 g/mol. The van der Waals surface area contributed by atoms with Crippen LogP contribution in [0.4, 0.5) is 0 Å². The van der Waals surface area contributed by atoms with Gasteiger partial charge in [0, 0.05) is 13.6 Å². The predicted octanol–water partition coefficient (Wildman–Crippen LogP) is 1.13. The Bertz CT molecular complexity index is 405. The minimum atomic E-state index is -1.08. The van der Waals surface area contributed by atoms with Crippen molar-refractivity contribution < 1.29 is 19.4 Å². The van der Waals surface area contributed by atoms with Gasteiger partial charge in [-0.05, 0) is 12.5 Å². The molecule has 18 heavy (non-hydrogen) atoms. The summed E-state index contributed by atoms with van der Waals surface area (Å²) >= 11 is 0. The normalized spacial score (nSPS) is 11.9. The summed E-state index contributed by atoms with van der Waals surface area (Å²) in [6.45, 7) is 1.65. The van der Waals surface area contributed by atoms with Gasteiger partial charge in [-0.25, -0.2) is 4.79 Å². The highest BCUT2D eigenvalue weighted by molar-refractivity contribution is 5.78. The van der Waals surface area contributed by atoms with Crippen LogP contribution in [0.5, 0.6) is 0 Å². The van der Waals surface area contributed by atoms with E-state index < -0.39 is 12.1 Å². The topological polar surface area (TPSA) is 66.8 Å². The monoisotopic (exact) mass is 251 g/mol. The lowest BCUT2D eigenvalue weighted by Crippen LogP contribution is -2.32. The molecule has 1 N–H and O–H groups in total. The summed E-state index contributed by atoms with van der Waals surface area (Å²) < 4.78 is 4.93. The van der Waals surface area contributed by atoms with E-state index in [0.29, 0.717) is 6.54 Å². The molecule has 0 unspecified atom stereocenters. The molecule has 1 aromatic rings. The minimum absolute atomic E-state index is 0.225. The van der Waals surface area contributed by atoms with Gasteiger partial charge in [0.1, 0.15) is 6.61 Å². The van der Waals surface area contributed by atoms with Crippen molar-refractivity contribution in [1.82, 2.24) is 4.90 Å². The number of benzene rings is 1. The van der Waals surface area contributed by atoms with Crippen LogP contribution in [0.25, 0.3) is 0 Å². The second-order valence-electron chi connectivity index (χ2n) is 4.03. The van der Waals surface area contributed by atoms with Crippen molar-refractivity contribution in [2.75, 3.05) is 13.7 Å². The Labute approximate surface area is 106 Å². The summed E-state index contributed by atoms with van der Waals surface area (Å²) in [5, 5.41) is 8.62. The van der Waals surface area contributed by atoms with Crippen molar-refractivity contribution >= 4 is 11.9 Å². The number of carboxylic acids is 1. The van der Waals surface area contributed by atoms with Crippen molar-refractivity contribution in [3.8, 4) is 0 Å². The first-order chi connectivity index (χ1) is 8.50. The van der Waals surface area contributed by atoms with E-state index in [2.05, 4.69) is 0 Å². The van der Waals surface area contributed by atoms with E-state index in [9.17, 15) is 9.59 Å². The summed E-state index contributed by atoms with van der Waals surface area (Å²) in [5.41, 5.74) is 1.01. The van der Waals surface area contributed by atoms with Crippen LogP contribution in [0.2, 0.25) is 0 Å². The van der Waals surface area contributed by atoms with Crippen LogP contribution in [-0.4, -0.2) is 41.6 Å². The van der Waals surface area contributed by atoms with Crippen molar-refractivity contribution in [3.05, 3.63) is 35.9 Å². The summed E-state index contributed by atoms with van der Waals surface area (Å²) in [7, 11) is 1.66. The van der Waals surface area contributed by atoms with Crippen molar-refractivity contribution in [2.45, 2.75) is 19.6 Å². The fourth-order valence-corrected chi connectivity index (χ4v) is 1.32. The maximum absolute atomic E-state index is 11.7. The molecule has 0 bridgehead atoms. The minimum Gasteiger partial charge on any atom is -0.479 e. The molecule has 1 rings (SSSR count). The molecule has 0 radical (unpaired) electrons. The number of carbonyl (C=O) groups excluding carboxylic acids is 1. The van der Waals surface area contributed by atoms with E-state index in [-0.39, 0.29) is 12.5 Å². The molecule has 0 aliphatic carbocycles. The first-order valence-electron chi connectivity index (χ1n) is 5.63. The lowest BCUT2D eigenvalue weighted by atomic mass is 10.2. The molecule has 0 fully saturated rings. The summed E-state index contributed by atoms with van der Waals surface area (Å²) in [6.07, 6.45) is -0.973. The average Bonchev–Trinajstić information content (AvgIpc) is 2.36. The van der Waals surface area contributed by atoms with Crippen LogP contribution >= 0.6 is 0 Å². The average molecular weight is 251 g/mol. The molecule has 0 spiro atoms. The third kappa shape index (κ3) is 4.55. The van der Waals surface area contributed by atoms with Crippen molar-refractivity contribution in [1.29, 1.82) is 0 Å². The smallest absolute Gasteiger partial charge is 0.332 e. The lowest BCUT2D eigenvalue weighted by molar-refractivity contribution is -0.152. The van der Waals surface area contributed by atoms with E-state index in [1.807, 2.05) is 30.3 Å². The standard InChI is InChI=1S/C13H17NO4/c1-10(13(16)17)18-9-12(15)14(2)8-11-6-4-3-5-7-11/h3-7,10H,8-9H2,1-2H3,(H,16,17)/t10-/m0/s1. The number of carbonyl (C=O) groups is 2. The summed E-state index contributed by atoms with van der Waals surface area (Å²) in [5.74, 6) is -1.32. The summed E-state index contributed by atoms with van der Waals surface area (Å²) in [6, 6.07) is 9.55. The number of amides is 1. The zero-order chi connectivity index (χ0) is 13.5. The van der Waals surface area contributed by atoms with Crippen molar-refractivity contribution in [3.63, 3.8) is 0 Å². The Morgan fingerprint density at radius 3 is 2.50 bits per heavy atom. The van der Waals surface area contributed by atoms with E-state index in [1.165, 1.54) is 11.8 Å². The predicted molar refractivity (Wildman–Crippen MR) is 66.0 cm³/mol. The second-order valence-corrected chi connectivity index (χ2v) is 4.03. The van der Waals surface area contributed by atoms with Crippen LogP contribution in [0.15, 0.2) is 30.3 Å². The van der Waals surface area contributed by atoms with Gasteiger partial charge in [0.05, 0.1) is 0 Å². The SMILES string of the molecule is C[C@H](OCC(=O)N(C)Cc1ccccc1)C(=O)O. The Kier molecular flexibility index (Phi) is 5.32. The van der Waals surface area contributed by atoms with Gasteiger partial charge in [-0.2, -0.15) is 0 Å². The summed E-state index contributed by atoms with van der Waals surface area (Å²) in [4.78, 5) is 23.7. The zero-order valence-electron chi connectivity index (χ0n) is 10.5. The highest BCUT2D eigenvalue weighted by atomic mass is 16.5. The quantitative estimate of drug-likeness (QED) is 0.823. The Morgan fingerprint density at radius 1 is 1.33 bits per heavy atom. The van der Waals surface area contributed by atoms with Crippen LogP contribution in [0.1, 0.15) is 12.5 Å². The number of rotatable bonds is 6. The van der Waals surface area contributed by atoms with Gasteiger partial charge in [0.15, 0.2) is 6.10 Å². The second kappa shape index (κ2) is 6.76. The van der Waals surface area contributed by atoms with Crippen LogP contribution in [-0.2, 0) is 20.9 Å². The first-order valence-corrected chi connectivity index (χ1v) is 5.63. The van der Waals surface area contributed by atoms with Gasteiger partial charge in [0.25, 0.3) is 0 Å². The maximum atomic E-state index is 11.7. The molecule has 0 aliphatic heterocycles. The highest BCUT2D eigenvalue weighted by Crippen LogP contribution is 2.03. The van der Waals surface area contributed by atoms with Gasteiger partial charge >= 0.3 is 5.97 Å². The van der Waals surface area contributed by atoms with E-state index in [0.717, 1.165) is 5.56 Å². The third-order valence-corrected chi connectivity index (χ3v) is 2.49. The zero-order valence-corrected chi connectivity index (χ0v) is 10.5. The molecule has 1 amide bonds. The Hall–Kier alpha value is -1.88. The molecule has 0 heterocycles. The van der Waals surface area contributed by atoms with Crippen LogP contribution in [0, 0.1) is 0 Å². The largest absolute Gasteiger partial charge is 0.479 e. The Morgan fingerprint density at radius 2 is 1.94 bits per heavy atom. The molecule has 5 nitrogen and oxygen atoms in total. The van der Waals surface area contributed by atoms with Gasteiger partial charge in [0.2, 0.25) is 5.91 Å². The molecular formula is C13H17NO4.